The van der Waals surface area contributed by atoms with E-state index in [2.05, 4.69) is 5.32 Å². The van der Waals surface area contributed by atoms with Crippen LogP contribution in [0.3, 0.4) is 0 Å². The zero-order valence-electron chi connectivity index (χ0n) is 11.1. The van der Waals surface area contributed by atoms with E-state index >= 15 is 0 Å². The fraction of sp³-hybridized carbons (Fsp3) is 0.500. The highest BCUT2D eigenvalue weighted by Gasteiger charge is 2.24. The van der Waals surface area contributed by atoms with Crippen LogP contribution in [0.5, 0.6) is 0 Å². The molecule has 1 amide bonds. The molecule has 1 aromatic carbocycles. The van der Waals surface area contributed by atoms with Gasteiger partial charge in [0, 0.05) is 11.6 Å². The lowest BCUT2D eigenvalue weighted by Gasteiger charge is -2.30. The maximum absolute atomic E-state index is 11.9. The molecule has 0 aromatic heterocycles. The normalized spacial score (nSPS) is 13.2. The Labute approximate surface area is 103 Å². The van der Waals surface area contributed by atoms with Gasteiger partial charge in [-0.1, -0.05) is 29.8 Å². The first-order valence-electron chi connectivity index (χ1n) is 5.93. The predicted octanol–water partition coefficient (Wildman–Crippen LogP) is 1.78. The average Bonchev–Trinajstić information content (AvgIpc) is 2.20. The van der Waals surface area contributed by atoms with Crippen molar-refractivity contribution in [2.75, 3.05) is 0 Å². The lowest BCUT2D eigenvalue weighted by atomic mass is 9.96. The Morgan fingerprint density at radius 2 is 1.88 bits per heavy atom. The minimum Gasteiger partial charge on any atom is -0.349 e. The topological polar surface area (TPSA) is 55.1 Å². The van der Waals surface area contributed by atoms with E-state index in [4.69, 9.17) is 5.73 Å². The van der Waals surface area contributed by atoms with E-state index < -0.39 is 0 Å². The van der Waals surface area contributed by atoms with Crippen molar-refractivity contribution in [3.63, 3.8) is 0 Å². The van der Waals surface area contributed by atoms with Gasteiger partial charge in [0.25, 0.3) is 0 Å². The first kappa shape index (κ1) is 13.7. The molecule has 0 fully saturated rings. The van der Waals surface area contributed by atoms with Crippen LogP contribution in [0.2, 0.25) is 0 Å². The van der Waals surface area contributed by atoms with Gasteiger partial charge in [0.15, 0.2) is 0 Å². The summed E-state index contributed by atoms with van der Waals surface area (Å²) < 4.78 is 0. The van der Waals surface area contributed by atoms with Gasteiger partial charge in [-0.15, -0.1) is 0 Å². The average molecular weight is 234 g/mol. The number of amides is 1. The summed E-state index contributed by atoms with van der Waals surface area (Å²) in [7, 11) is 0. The molecule has 1 atom stereocenters. The number of benzene rings is 1. The predicted molar refractivity (Wildman–Crippen MR) is 70.8 cm³/mol. The summed E-state index contributed by atoms with van der Waals surface area (Å²) in [6.07, 6.45) is 0.399. The molecule has 1 unspecified atom stereocenters. The molecule has 1 rings (SSSR count). The van der Waals surface area contributed by atoms with E-state index in [0.29, 0.717) is 6.42 Å². The van der Waals surface area contributed by atoms with Gasteiger partial charge in [-0.3, -0.25) is 4.79 Å². The van der Waals surface area contributed by atoms with Crippen molar-refractivity contribution in [3.8, 4) is 0 Å². The summed E-state index contributed by atoms with van der Waals surface area (Å²) in [4.78, 5) is 11.9. The molecular formula is C14H22N2O. The van der Waals surface area contributed by atoms with Crippen LogP contribution < -0.4 is 11.1 Å². The smallest absolute Gasteiger partial charge is 0.224 e. The third kappa shape index (κ3) is 4.19. The molecule has 3 nitrogen and oxygen atoms in total. The summed E-state index contributed by atoms with van der Waals surface area (Å²) in [5, 5.41) is 2.95. The Morgan fingerprint density at radius 1 is 1.35 bits per heavy atom. The molecule has 17 heavy (non-hydrogen) atoms. The highest BCUT2D eigenvalue weighted by Crippen LogP contribution is 2.08. The first-order valence-corrected chi connectivity index (χ1v) is 5.93. The van der Waals surface area contributed by atoms with Gasteiger partial charge in [-0.2, -0.15) is 0 Å². The SMILES string of the molecule is Cc1ccc(CC(=O)NC(C)(C)C(C)N)cc1. The van der Waals surface area contributed by atoms with Gasteiger partial charge >= 0.3 is 0 Å². The Kier molecular flexibility index (Phi) is 4.29. The minimum absolute atomic E-state index is 0.0103. The fourth-order valence-electron chi connectivity index (χ4n) is 1.41. The van der Waals surface area contributed by atoms with Gasteiger partial charge < -0.3 is 11.1 Å². The molecule has 0 aliphatic carbocycles. The number of hydrogen-bond acceptors (Lipinski definition) is 2. The fourth-order valence-corrected chi connectivity index (χ4v) is 1.41. The van der Waals surface area contributed by atoms with Crippen LogP contribution in [-0.2, 0) is 11.2 Å². The zero-order chi connectivity index (χ0) is 13.1. The number of nitrogens with one attached hydrogen (secondary N) is 1. The molecule has 0 aliphatic heterocycles. The van der Waals surface area contributed by atoms with Gasteiger partial charge in [-0.25, -0.2) is 0 Å². The van der Waals surface area contributed by atoms with Crippen LogP contribution in [0.25, 0.3) is 0 Å². The van der Waals surface area contributed by atoms with Crippen molar-refractivity contribution in [1.82, 2.24) is 5.32 Å². The Balaban J connectivity index is 2.59. The molecule has 94 valence electrons. The Morgan fingerprint density at radius 3 is 2.35 bits per heavy atom. The molecule has 1 aromatic rings. The zero-order valence-corrected chi connectivity index (χ0v) is 11.1. The highest BCUT2D eigenvalue weighted by atomic mass is 16.1. The standard InChI is InChI=1S/C14H22N2O/c1-10-5-7-12(8-6-10)9-13(17)16-14(3,4)11(2)15/h5-8,11H,9,15H2,1-4H3,(H,16,17). The lowest BCUT2D eigenvalue weighted by molar-refractivity contribution is -0.122. The van der Waals surface area contributed by atoms with Gasteiger partial charge in [0.2, 0.25) is 5.91 Å². The molecule has 3 heteroatoms. The van der Waals surface area contributed by atoms with Crippen molar-refractivity contribution < 1.29 is 4.79 Å². The number of rotatable bonds is 4. The number of nitrogens with two attached hydrogens (primary N) is 1. The van der Waals surface area contributed by atoms with E-state index in [1.807, 2.05) is 52.0 Å². The molecule has 3 N–H and O–H groups in total. The molecule has 0 radical (unpaired) electrons. The van der Waals surface area contributed by atoms with Crippen LogP contribution in [-0.4, -0.2) is 17.5 Å². The second-order valence-corrected chi connectivity index (χ2v) is 5.22. The van der Waals surface area contributed by atoms with Crippen LogP contribution >= 0.6 is 0 Å². The van der Waals surface area contributed by atoms with Crippen molar-refractivity contribution >= 4 is 5.91 Å². The van der Waals surface area contributed by atoms with Crippen molar-refractivity contribution in [1.29, 1.82) is 0 Å². The quantitative estimate of drug-likeness (QED) is 0.834. The molecular weight excluding hydrogens is 212 g/mol. The van der Waals surface area contributed by atoms with E-state index in [9.17, 15) is 4.79 Å². The number of hydrogen-bond donors (Lipinski definition) is 2. The largest absolute Gasteiger partial charge is 0.349 e. The highest BCUT2D eigenvalue weighted by molar-refractivity contribution is 5.79. The summed E-state index contributed by atoms with van der Waals surface area (Å²) in [5.74, 6) is 0.0103. The maximum Gasteiger partial charge on any atom is 0.224 e. The summed E-state index contributed by atoms with van der Waals surface area (Å²) in [5.41, 5.74) is 7.66. The molecule has 0 bridgehead atoms. The molecule has 0 saturated carbocycles. The van der Waals surface area contributed by atoms with Gasteiger partial charge in [0.1, 0.15) is 0 Å². The van der Waals surface area contributed by atoms with E-state index in [-0.39, 0.29) is 17.5 Å². The molecule has 0 heterocycles. The summed E-state index contributed by atoms with van der Waals surface area (Å²) >= 11 is 0. The van der Waals surface area contributed by atoms with Crippen LogP contribution in [0, 0.1) is 6.92 Å². The summed E-state index contributed by atoms with van der Waals surface area (Å²) in [6.45, 7) is 7.80. The monoisotopic (exact) mass is 234 g/mol. The minimum atomic E-state index is -0.373. The third-order valence-corrected chi connectivity index (χ3v) is 3.09. The number of carbonyl (C=O) groups excluding carboxylic acids is 1. The van der Waals surface area contributed by atoms with Crippen molar-refractivity contribution in [2.45, 2.75) is 45.7 Å². The maximum atomic E-state index is 11.9. The number of aryl methyl sites for hydroxylation is 1. The van der Waals surface area contributed by atoms with E-state index in [0.717, 1.165) is 5.56 Å². The van der Waals surface area contributed by atoms with Gasteiger partial charge in [-0.05, 0) is 33.3 Å². The second kappa shape index (κ2) is 5.32. The van der Waals surface area contributed by atoms with Crippen LogP contribution in [0.15, 0.2) is 24.3 Å². The van der Waals surface area contributed by atoms with Crippen LogP contribution in [0.4, 0.5) is 0 Å². The second-order valence-electron chi connectivity index (χ2n) is 5.22. The molecule has 0 saturated heterocycles. The van der Waals surface area contributed by atoms with Gasteiger partial charge in [0.05, 0.1) is 6.42 Å². The Bertz CT molecular complexity index is 380. The third-order valence-electron chi connectivity index (χ3n) is 3.09. The Hall–Kier alpha value is -1.35. The van der Waals surface area contributed by atoms with E-state index in [1.165, 1.54) is 5.56 Å². The van der Waals surface area contributed by atoms with E-state index in [1.54, 1.807) is 0 Å². The number of carbonyl (C=O) groups is 1. The molecule has 0 aliphatic rings. The molecule has 0 spiro atoms. The van der Waals surface area contributed by atoms with Crippen molar-refractivity contribution in [3.05, 3.63) is 35.4 Å². The first-order chi connectivity index (χ1) is 7.81. The van der Waals surface area contributed by atoms with Crippen molar-refractivity contribution in [2.24, 2.45) is 5.73 Å². The lowest BCUT2D eigenvalue weighted by Crippen LogP contribution is -2.54. The van der Waals surface area contributed by atoms with Crippen LogP contribution in [0.1, 0.15) is 31.9 Å². The summed E-state index contributed by atoms with van der Waals surface area (Å²) in [6, 6.07) is 7.91.